The summed E-state index contributed by atoms with van der Waals surface area (Å²) in [6.45, 7) is 3.87. The van der Waals surface area contributed by atoms with Crippen molar-refractivity contribution in [2.24, 2.45) is 10.2 Å². The van der Waals surface area contributed by atoms with E-state index in [0.717, 1.165) is 0 Å². The molecule has 0 bridgehead atoms. The van der Waals surface area contributed by atoms with Gasteiger partial charge in [-0.05, 0) is 48.6 Å². The number of hydrogen-bond donors (Lipinski definition) is 2. The summed E-state index contributed by atoms with van der Waals surface area (Å²) in [4.78, 5) is 12.6. The van der Waals surface area contributed by atoms with Crippen LogP contribution in [0.1, 0.15) is 29.8 Å². The molecule has 0 radical (unpaired) electrons. The number of ether oxygens (including phenoxy) is 1. The number of benzene rings is 4. The number of aryl methyl sites for hydroxylation is 1. The quantitative estimate of drug-likeness (QED) is 0.175. The number of amides is 1. The van der Waals surface area contributed by atoms with Crippen molar-refractivity contribution in [1.29, 1.82) is 0 Å². The summed E-state index contributed by atoms with van der Waals surface area (Å²) in [5, 5.41) is 25.3. The Morgan fingerprint density at radius 3 is 2.45 bits per heavy atom. The molecule has 4 aromatic rings. The molecule has 0 heterocycles. The van der Waals surface area contributed by atoms with Gasteiger partial charge in [0.25, 0.3) is 16.0 Å². The number of fused-ring (bicyclic) bond motifs is 1. The van der Waals surface area contributed by atoms with Gasteiger partial charge in [0, 0.05) is 22.0 Å². The molecule has 0 aromatic heterocycles. The van der Waals surface area contributed by atoms with E-state index >= 15 is 0 Å². The molecule has 0 saturated carbocycles. The largest absolute Gasteiger partial charge is 1.00 e. The first-order valence-corrected chi connectivity index (χ1v) is 13.9. The number of azo groups is 1. The Bertz CT molecular complexity index is 1730. The molecular formula is C27H22Cl2N3NaO6S. The topological polar surface area (TPSA) is 140 Å². The minimum Gasteiger partial charge on any atom is -0.870 e. The van der Waals surface area contributed by atoms with Gasteiger partial charge in [-0.25, -0.2) is 0 Å². The van der Waals surface area contributed by atoms with Gasteiger partial charge in [0.2, 0.25) is 0 Å². The maximum atomic E-state index is 13.5. The maximum absolute atomic E-state index is 13.5. The normalized spacial score (nSPS) is 11.4. The van der Waals surface area contributed by atoms with Gasteiger partial charge < -0.3 is 15.2 Å². The molecule has 4 rings (SSSR count). The summed E-state index contributed by atoms with van der Waals surface area (Å²) in [6, 6.07) is 15.7. The van der Waals surface area contributed by atoms with Crippen LogP contribution in [0.2, 0.25) is 10.0 Å². The Balaban J connectivity index is 0.00000441. The minimum absolute atomic E-state index is 0. The SMILES string of the molecule is CCOc1cc(Cl)ccc1NC(=O)c1cc2ccccc2c(N=Nc2ccc(CC)c(Cl)c2S(=O)(=O)O)c1[O-].[Na+]. The van der Waals surface area contributed by atoms with Crippen molar-refractivity contribution in [1.82, 2.24) is 0 Å². The second kappa shape index (κ2) is 13.3. The van der Waals surface area contributed by atoms with Gasteiger partial charge in [-0.1, -0.05) is 66.2 Å². The van der Waals surface area contributed by atoms with E-state index in [1.165, 1.54) is 12.1 Å². The number of rotatable bonds is 8. The van der Waals surface area contributed by atoms with E-state index in [1.54, 1.807) is 62.4 Å². The smallest absolute Gasteiger partial charge is 0.870 e. The van der Waals surface area contributed by atoms with Crippen molar-refractivity contribution in [2.45, 2.75) is 25.2 Å². The van der Waals surface area contributed by atoms with E-state index in [4.69, 9.17) is 27.9 Å². The fourth-order valence-corrected chi connectivity index (χ4v) is 5.41. The van der Waals surface area contributed by atoms with Crippen LogP contribution in [0.4, 0.5) is 17.1 Å². The van der Waals surface area contributed by atoms with Gasteiger partial charge in [0.05, 0.1) is 23.0 Å². The molecular weight excluding hydrogens is 588 g/mol. The molecule has 0 fully saturated rings. The molecule has 2 N–H and O–H groups in total. The molecule has 0 aliphatic carbocycles. The van der Waals surface area contributed by atoms with Gasteiger partial charge >= 0.3 is 29.6 Å². The zero-order valence-electron chi connectivity index (χ0n) is 21.7. The van der Waals surface area contributed by atoms with Crippen LogP contribution in [0.3, 0.4) is 0 Å². The predicted octanol–water partition coefficient (Wildman–Crippen LogP) is 4.10. The Labute approximate surface area is 263 Å². The van der Waals surface area contributed by atoms with Crippen molar-refractivity contribution in [3.05, 3.63) is 81.8 Å². The van der Waals surface area contributed by atoms with Crippen LogP contribution in [0.5, 0.6) is 11.5 Å². The molecule has 0 aliphatic rings. The monoisotopic (exact) mass is 609 g/mol. The van der Waals surface area contributed by atoms with Crippen LogP contribution in [0, 0.1) is 0 Å². The fraction of sp³-hybridized carbons (Fsp3) is 0.148. The molecule has 40 heavy (non-hydrogen) atoms. The van der Waals surface area contributed by atoms with Crippen molar-refractivity contribution < 1.29 is 57.2 Å². The Morgan fingerprint density at radius 1 is 1.05 bits per heavy atom. The first-order chi connectivity index (χ1) is 18.5. The molecule has 0 unspecified atom stereocenters. The van der Waals surface area contributed by atoms with Crippen LogP contribution in [-0.2, 0) is 16.5 Å². The third-order valence-electron chi connectivity index (χ3n) is 5.76. The van der Waals surface area contributed by atoms with E-state index in [9.17, 15) is 22.9 Å². The third kappa shape index (κ3) is 6.77. The number of halogens is 2. The first kappa shape index (κ1) is 31.8. The number of carbonyl (C=O) groups excluding carboxylic acids is 1. The second-order valence-electron chi connectivity index (χ2n) is 8.27. The zero-order chi connectivity index (χ0) is 28.3. The van der Waals surface area contributed by atoms with Gasteiger partial charge in [0.1, 0.15) is 16.3 Å². The third-order valence-corrected chi connectivity index (χ3v) is 7.47. The van der Waals surface area contributed by atoms with Crippen LogP contribution in [0.15, 0.2) is 75.8 Å². The number of hydrogen-bond acceptors (Lipinski definition) is 7. The molecule has 4 aromatic carbocycles. The average molecular weight is 610 g/mol. The van der Waals surface area contributed by atoms with E-state index in [-0.39, 0.29) is 51.5 Å². The van der Waals surface area contributed by atoms with Crippen LogP contribution in [-0.4, -0.2) is 25.5 Å². The molecule has 202 valence electrons. The molecule has 1 amide bonds. The zero-order valence-corrected chi connectivity index (χ0v) is 26.1. The molecule has 0 saturated heterocycles. The number of nitrogens with one attached hydrogen (secondary N) is 1. The number of carbonyl (C=O) groups is 1. The summed E-state index contributed by atoms with van der Waals surface area (Å²) in [5.41, 5.74) is 0.0993. The standard InChI is InChI=1S/C27H23Cl2N3O6S.Na/c1-3-15-9-11-21(26(23(15)29)39(35,36)37)31-32-24-18-8-6-5-7-16(18)13-19(25(24)33)27(34)30-20-12-10-17(28)14-22(20)38-4-2;/h5-14,33H,3-4H2,1-2H3,(H,30,34)(H,35,36,37);/q;+1/p-1. The molecule has 13 heteroatoms. The van der Waals surface area contributed by atoms with Crippen LogP contribution < -0.4 is 44.7 Å². The summed E-state index contributed by atoms with van der Waals surface area (Å²) in [5.74, 6) is -1.14. The predicted molar refractivity (Wildman–Crippen MR) is 149 cm³/mol. The Morgan fingerprint density at radius 2 is 1.77 bits per heavy atom. The first-order valence-electron chi connectivity index (χ1n) is 11.7. The Hall–Kier alpha value is -2.70. The average Bonchev–Trinajstić information content (AvgIpc) is 2.88. The fourth-order valence-electron chi connectivity index (χ4n) is 3.93. The van der Waals surface area contributed by atoms with E-state index in [2.05, 4.69) is 15.5 Å². The Kier molecular flexibility index (Phi) is 10.6. The number of anilines is 1. The van der Waals surface area contributed by atoms with Crippen molar-refractivity contribution in [3.63, 3.8) is 0 Å². The summed E-state index contributed by atoms with van der Waals surface area (Å²) in [6.07, 6.45) is 0.407. The van der Waals surface area contributed by atoms with Crippen molar-refractivity contribution in [2.75, 3.05) is 11.9 Å². The van der Waals surface area contributed by atoms with Crippen molar-refractivity contribution in [3.8, 4) is 11.5 Å². The van der Waals surface area contributed by atoms with Crippen LogP contribution in [0.25, 0.3) is 10.8 Å². The van der Waals surface area contributed by atoms with E-state index in [0.29, 0.717) is 45.8 Å². The molecule has 0 atom stereocenters. The summed E-state index contributed by atoms with van der Waals surface area (Å²) in [7, 11) is -4.77. The van der Waals surface area contributed by atoms with Crippen molar-refractivity contribution >= 4 is 67.1 Å². The molecule has 0 aliphatic heterocycles. The van der Waals surface area contributed by atoms with Crippen LogP contribution >= 0.6 is 23.2 Å². The summed E-state index contributed by atoms with van der Waals surface area (Å²) < 4.78 is 39.5. The maximum Gasteiger partial charge on any atom is 1.00 e. The van der Waals surface area contributed by atoms with Gasteiger partial charge in [-0.2, -0.15) is 13.5 Å². The van der Waals surface area contributed by atoms with E-state index in [1.807, 2.05) is 0 Å². The molecule has 9 nitrogen and oxygen atoms in total. The van der Waals surface area contributed by atoms with E-state index < -0.39 is 26.7 Å². The minimum atomic E-state index is -4.77. The van der Waals surface area contributed by atoms with Gasteiger partial charge in [0.15, 0.2) is 0 Å². The van der Waals surface area contributed by atoms with Gasteiger partial charge in [-0.3, -0.25) is 9.35 Å². The number of nitrogens with zero attached hydrogens (tertiary/aromatic N) is 2. The second-order valence-corrected chi connectivity index (χ2v) is 10.4. The molecule has 0 spiro atoms. The van der Waals surface area contributed by atoms with Gasteiger partial charge in [-0.15, -0.1) is 5.11 Å². The summed E-state index contributed by atoms with van der Waals surface area (Å²) >= 11 is 12.3.